The minimum atomic E-state index is -0.668. The first-order chi connectivity index (χ1) is 8.03. The zero-order chi connectivity index (χ0) is 12.1. The molecule has 1 unspecified atom stereocenters. The summed E-state index contributed by atoms with van der Waals surface area (Å²) in [7, 11) is 0. The van der Waals surface area contributed by atoms with Gasteiger partial charge in [-0.25, -0.2) is 0 Å². The van der Waals surface area contributed by atoms with Gasteiger partial charge in [-0.2, -0.15) is 0 Å². The highest BCUT2D eigenvalue weighted by molar-refractivity contribution is 5.80. The fraction of sp³-hybridized carbons (Fsp3) is 0.467. The molecule has 1 aromatic heterocycles. The highest BCUT2D eigenvalue weighted by Crippen LogP contribution is 2.52. The molecule has 1 heterocycles. The molecule has 0 amide bonds. The second-order valence-corrected chi connectivity index (χ2v) is 5.88. The van der Waals surface area contributed by atoms with Crippen molar-refractivity contribution >= 4 is 10.9 Å². The average Bonchev–Trinajstić information content (AvgIpc) is 2.84. The number of nitrogens with one attached hydrogen (secondary N) is 1. The Bertz CT molecular complexity index is 555. The van der Waals surface area contributed by atoms with Gasteiger partial charge in [0, 0.05) is 11.7 Å². The van der Waals surface area contributed by atoms with Crippen molar-refractivity contribution in [2.75, 3.05) is 0 Å². The van der Waals surface area contributed by atoms with Crippen LogP contribution in [0.3, 0.4) is 0 Å². The zero-order valence-electron chi connectivity index (χ0n) is 10.5. The molecule has 2 nitrogen and oxygen atoms in total. The molecule has 17 heavy (non-hydrogen) atoms. The second kappa shape index (κ2) is 3.36. The number of aliphatic hydroxyl groups is 1. The summed E-state index contributed by atoms with van der Waals surface area (Å²) in [6.45, 7) is 4.34. The van der Waals surface area contributed by atoms with Crippen LogP contribution in [0.2, 0.25) is 0 Å². The summed E-state index contributed by atoms with van der Waals surface area (Å²) in [5, 5.41) is 12.2. The predicted molar refractivity (Wildman–Crippen MR) is 69.8 cm³/mol. The van der Waals surface area contributed by atoms with Crippen LogP contribution in [0, 0.1) is 5.41 Å². The largest absolute Gasteiger partial charge is 0.385 e. The Labute approximate surface area is 102 Å². The van der Waals surface area contributed by atoms with Gasteiger partial charge in [-0.1, -0.05) is 19.9 Å². The van der Waals surface area contributed by atoms with E-state index in [0.29, 0.717) is 0 Å². The lowest BCUT2D eigenvalue weighted by molar-refractivity contribution is -0.0484. The Morgan fingerprint density at radius 1 is 1.18 bits per heavy atom. The minimum Gasteiger partial charge on any atom is -0.385 e. The molecule has 2 heteroatoms. The number of rotatable bonds is 1. The Morgan fingerprint density at radius 3 is 2.71 bits per heavy atom. The number of hydrogen-bond donors (Lipinski definition) is 2. The summed E-state index contributed by atoms with van der Waals surface area (Å²) in [5.74, 6) is 0. The Hall–Kier alpha value is -1.28. The third-order valence-electron chi connectivity index (χ3n) is 4.49. The number of hydrogen-bond acceptors (Lipinski definition) is 1. The molecular weight excluding hydrogens is 210 g/mol. The SMILES string of the molecule is CC1(C)CCCC1(O)c1ccc2[nH]ccc2c1. The zero-order valence-corrected chi connectivity index (χ0v) is 10.5. The fourth-order valence-electron chi connectivity index (χ4n) is 3.18. The van der Waals surface area contributed by atoms with Crippen LogP contribution in [0.5, 0.6) is 0 Å². The predicted octanol–water partition coefficient (Wildman–Crippen LogP) is 3.57. The maximum atomic E-state index is 11.0. The number of aromatic nitrogens is 1. The van der Waals surface area contributed by atoms with Gasteiger partial charge in [0.25, 0.3) is 0 Å². The molecule has 1 aromatic carbocycles. The van der Waals surface area contributed by atoms with Crippen LogP contribution in [0.4, 0.5) is 0 Å². The lowest BCUT2D eigenvalue weighted by atomic mass is 9.73. The molecule has 1 aliphatic rings. The molecule has 1 aliphatic carbocycles. The monoisotopic (exact) mass is 229 g/mol. The van der Waals surface area contributed by atoms with E-state index in [0.717, 1.165) is 30.3 Å². The first kappa shape index (κ1) is 10.8. The van der Waals surface area contributed by atoms with Gasteiger partial charge in [-0.05, 0) is 53.8 Å². The van der Waals surface area contributed by atoms with Gasteiger partial charge < -0.3 is 10.1 Å². The average molecular weight is 229 g/mol. The molecule has 1 fully saturated rings. The topological polar surface area (TPSA) is 36.0 Å². The van der Waals surface area contributed by atoms with Crippen molar-refractivity contribution in [1.29, 1.82) is 0 Å². The van der Waals surface area contributed by atoms with E-state index in [1.165, 1.54) is 5.39 Å². The normalized spacial score (nSPS) is 27.7. The summed E-state index contributed by atoms with van der Waals surface area (Å²) in [5.41, 5.74) is 1.50. The Kier molecular flexibility index (Phi) is 2.14. The van der Waals surface area contributed by atoms with Crippen LogP contribution in [0.15, 0.2) is 30.5 Å². The minimum absolute atomic E-state index is 0.0308. The van der Waals surface area contributed by atoms with E-state index < -0.39 is 5.60 Å². The van der Waals surface area contributed by atoms with Crippen LogP contribution < -0.4 is 0 Å². The summed E-state index contributed by atoms with van der Waals surface area (Å²) in [6.07, 6.45) is 5.01. The van der Waals surface area contributed by atoms with Crippen molar-refractivity contribution in [2.24, 2.45) is 5.41 Å². The first-order valence-electron chi connectivity index (χ1n) is 6.33. The summed E-state index contributed by atoms with van der Waals surface area (Å²) in [6, 6.07) is 8.31. The van der Waals surface area contributed by atoms with Crippen molar-refractivity contribution in [3.8, 4) is 0 Å². The van der Waals surface area contributed by atoms with Crippen molar-refractivity contribution in [3.63, 3.8) is 0 Å². The lowest BCUT2D eigenvalue weighted by Gasteiger charge is -2.37. The Morgan fingerprint density at radius 2 is 2.00 bits per heavy atom. The van der Waals surface area contributed by atoms with E-state index in [-0.39, 0.29) is 5.41 Å². The van der Waals surface area contributed by atoms with Crippen LogP contribution in [0.1, 0.15) is 38.7 Å². The van der Waals surface area contributed by atoms with Crippen LogP contribution in [-0.2, 0) is 5.60 Å². The molecule has 0 aliphatic heterocycles. The smallest absolute Gasteiger partial charge is 0.0947 e. The molecule has 90 valence electrons. The van der Waals surface area contributed by atoms with E-state index in [2.05, 4.69) is 43.1 Å². The van der Waals surface area contributed by atoms with E-state index in [1.54, 1.807) is 0 Å². The van der Waals surface area contributed by atoms with Crippen molar-refractivity contribution in [2.45, 2.75) is 38.7 Å². The third kappa shape index (κ3) is 1.44. The molecule has 2 N–H and O–H groups in total. The molecule has 1 saturated carbocycles. The standard InChI is InChI=1S/C15H19NO/c1-14(2)7-3-8-15(14,17)12-4-5-13-11(10-12)6-9-16-13/h4-6,9-10,16-17H,3,7-8H2,1-2H3. The molecule has 0 radical (unpaired) electrons. The van der Waals surface area contributed by atoms with Gasteiger partial charge in [0.1, 0.15) is 0 Å². The maximum absolute atomic E-state index is 11.0. The molecule has 0 saturated heterocycles. The van der Waals surface area contributed by atoms with Gasteiger partial charge >= 0.3 is 0 Å². The van der Waals surface area contributed by atoms with Crippen LogP contribution in [0.25, 0.3) is 10.9 Å². The van der Waals surface area contributed by atoms with Gasteiger partial charge in [-0.15, -0.1) is 0 Å². The van der Waals surface area contributed by atoms with Gasteiger partial charge in [0.2, 0.25) is 0 Å². The molecule has 3 rings (SSSR count). The fourth-order valence-corrected chi connectivity index (χ4v) is 3.18. The number of aromatic amines is 1. The number of benzene rings is 1. The lowest BCUT2D eigenvalue weighted by Crippen LogP contribution is -2.36. The van der Waals surface area contributed by atoms with E-state index >= 15 is 0 Å². The third-order valence-corrected chi connectivity index (χ3v) is 4.49. The number of H-pyrrole nitrogens is 1. The van der Waals surface area contributed by atoms with Crippen molar-refractivity contribution < 1.29 is 5.11 Å². The molecule has 0 spiro atoms. The summed E-state index contributed by atoms with van der Waals surface area (Å²) >= 11 is 0. The van der Waals surface area contributed by atoms with Gasteiger partial charge in [-0.3, -0.25) is 0 Å². The first-order valence-corrected chi connectivity index (χ1v) is 6.33. The summed E-state index contributed by atoms with van der Waals surface area (Å²) in [4.78, 5) is 3.19. The van der Waals surface area contributed by atoms with Crippen molar-refractivity contribution in [3.05, 3.63) is 36.0 Å². The highest BCUT2D eigenvalue weighted by Gasteiger charge is 2.48. The van der Waals surface area contributed by atoms with E-state index in [4.69, 9.17) is 0 Å². The van der Waals surface area contributed by atoms with Crippen molar-refractivity contribution in [1.82, 2.24) is 4.98 Å². The summed E-state index contributed by atoms with van der Waals surface area (Å²) < 4.78 is 0. The molecule has 1 atom stereocenters. The van der Waals surface area contributed by atoms with E-state index in [1.807, 2.05) is 6.20 Å². The van der Waals surface area contributed by atoms with Crippen LogP contribution in [-0.4, -0.2) is 10.1 Å². The Balaban J connectivity index is 2.14. The quantitative estimate of drug-likeness (QED) is 0.770. The van der Waals surface area contributed by atoms with E-state index in [9.17, 15) is 5.11 Å². The van der Waals surface area contributed by atoms with Gasteiger partial charge in [0.05, 0.1) is 5.60 Å². The molecule has 2 aromatic rings. The maximum Gasteiger partial charge on any atom is 0.0947 e. The molecular formula is C15H19NO. The number of fused-ring (bicyclic) bond motifs is 1. The van der Waals surface area contributed by atoms with Crippen LogP contribution >= 0.6 is 0 Å². The molecule has 0 bridgehead atoms. The second-order valence-electron chi connectivity index (χ2n) is 5.88. The van der Waals surface area contributed by atoms with Gasteiger partial charge in [0.15, 0.2) is 0 Å². The highest BCUT2D eigenvalue weighted by atomic mass is 16.3.